The Hall–Kier alpha value is -3.84. The molecule has 4 aromatic rings. The minimum Gasteiger partial charge on any atom is -0.465 e. The van der Waals surface area contributed by atoms with Crippen molar-refractivity contribution in [3.8, 4) is 0 Å². The summed E-state index contributed by atoms with van der Waals surface area (Å²) in [5.74, 6) is 0.373. The van der Waals surface area contributed by atoms with Gasteiger partial charge in [-0.2, -0.15) is 0 Å². The maximum absolute atomic E-state index is 13.3. The molecule has 2 amide bonds. The second-order valence-electron chi connectivity index (χ2n) is 8.90. The fraction of sp³-hybridized carbons (Fsp3) is 0.259. The van der Waals surface area contributed by atoms with E-state index < -0.39 is 6.09 Å². The molecule has 1 aliphatic heterocycles. The van der Waals surface area contributed by atoms with Gasteiger partial charge in [0, 0.05) is 24.2 Å². The number of carbonyl (C=O) groups excluding carboxylic acids is 1. The van der Waals surface area contributed by atoms with Gasteiger partial charge in [-0.15, -0.1) is 0 Å². The first-order valence-electron chi connectivity index (χ1n) is 11.7. The first kappa shape index (κ1) is 22.0. The first-order chi connectivity index (χ1) is 16.6. The quantitative estimate of drug-likeness (QED) is 0.339. The van der Waals surface area contributed by atoms with Crippen LogP contribution in [0.3, 0.4) is 0 Å². The predicted molar refractivity (Wildman–Crippen MR) is 135 cm³/mol. The lowest BCUT2D eigenvalue weighted by Gasteiger charge is -2.23. The van der Waals surface area contributed by atoms with Crippen molar-refractivity contribution in [1.82, 2.24) is 15.2 Å². The molecule has 34 heavy (non-hydrogen) atoms. The van der Waals surface area contributed by atoms with Crippen LogP contribution < -0.4 is 16.0 Å². The number of piperidine rings is 1. The van der Waals surface area contributed by atoms with E-state index in [1.54, 1.807) is 12.1 Å². The zero-order valence-corrected chi connectivity index (χ0v) is 18.9. The van der Waals surface area contributed by atoms with Crippen molar-refractivity contribution < 1.29 is 14.7 Å². The Morgan fingerprint density at radius 1 is 0.941 bits per heavy atom. The topological polar surface area (TPSA) is 95.4 Å². The molecule has 1 aromatic heterocycles. The first-order valence-corrected chi connectivity index (χ1v) is 11.7. The van der Waals surface area contributed by atoms with Gasteiger partial charge in [0.05, 0.1) is 5.52 Å². The number of hydrogen-bond acceptors (Lipinski definition) is 3. The van der Waals surface area contributed by atoms with E-state index in [9.17, 15) is 9.59 Å². The molecule has 1 fully saturated rings. The number of benzene rings is 3. The normalized spacial score (nSPS) is 14.4. The van der Waals surface area contributed by atoms with Crippen LogP contribution in [-0.2, 0) is 6.54 Å². The third-order valence-corrected chi connectivity index (χ3v) is 6.55. The van der Waals surface area contributed by atoms with Crippen molar-refractivity contribution in [1.29, 1.82) is 0 Å². The average molecular weight is 457 g/mol. The van der Waals surface area contributed by atoms with Gasteiger partial charge in [0.2, 0.25) is 0 Å². The molecule has 0 saturated carbocycles. The van der Waals surface area contributed by atoms with Gasteiger partial charge >= 0.3 is 6.09 Å². The molecule has 0 aliphatic carbocycles. The predicted octanol–water partition coefficient (Wildman–Crippen LogP) is 4.66. The Labute approximate surface area is 197 Å². The molecule has 1 saturated heterocycles. The van der Waals surface area contributed by atoms with E-state index in [1.165, 1.54) is 0 Å². The molecule has 0 bridgehead atoms. The van der Waals surface area contributed by atoms with Crippen LogP contribution in [0.15, 0.2) is 66.7 Å². The van der Waals surface area contributed by atoms with Crippen molar-refractivity contribution >= 4 is 39.4 Å². The van der Waals surface area contributed by atoms with Gasteiger partial charge < -0.3 is 20.3 Å². The maximum atomic E-state index is 13.3. The van der Waals surface area contributed by atoms with Crippen LogP contribution in [0.5, 0.6) is 0 Å². The highest BCUT2D eigenvalue weighted by Crippen LogP contribution is 2.26. The number of hydrogen-bond donors (Lipinski definition) is 4. The summed E-state index contributed by atoms with van der Waals surface area (Å²) in [6.07, 6.45) is 1.00. The minimum atomic E-state index is -1.12. The fourth-order valence-corrected chi connectivity index (χ4v) is 4.75. The number of carboxylic acid groups (broad SMARTS) is 1. The number of carbonyl (C=O) groups is 2. The van der Waals surface area contributed by atoms with Gasteiger partial charge in [-0.1, -0.05) is 42.5 Å². The van der Waals surface area contributed by atoms with Gasteiger partial charge in [0.1, 0.15) is 5.69 Å². The van der Waals surface area contributed by atoms with Gasteiger partial charge in [-0.3, -0.25) is 10.1 Å². The largest absolute Gasteiger partial charge is 0.465 e. The van der Waals surface area contributed by atoms with Crippen LogP contribution >= 0.6 is 0 Å². The Bertz CT molecular complexity index is 1350. The molecular formula is C27H28N4O3. The van der Waals surface area contributed by atoms with Gasteiger partial charge in [-0.25, -0.2) is 4.79 Å². The van der Waals surface area contributed by atoms with Crippen molar-refractivity contribution in [3.63, 3.8) is 0 Å². The summed E-state index contributed by atoms with van der Waals surface area (Å²) in [6, 6.07) is 21.7. The summed E-state index contributed by atoms with van der Waals surface area (Å²) < 4.78 is 1.98. The lowest BCUT2D eigenvalue weighted by molar-refractivity contribution is 0.0935. The number of fused-ring (bicyclic) bond motifs is 2. The van der Waals surface area contributed by atoms with E-state index in [0.29, 0.717) is 30.4 Å². The third-order valence-electron chi connectivity index (χ3n) is 6.55. The molecule has 1 aliphatic rings. The smallest absolute Gasteiger partial charge is 0.409 e. The third kappa shape index (κ3) is 4.75. The molecule has 174 valence electrons. The van der Waals surface area contributed by atoms with E-state index in [2.05, 4.69) is 46.3 Å². The number of aromatic nitrogens is 1. The zero-order valence-electron chi connectivity index (χ0n) is 18.9. The number of rotatable bonds is 6. The highest BCUT2D eigenvalue weighted by Gasteiger charge is 2.19. The highest BCUT2D eigenvalue weighted by molar-refractivity contribution is 6.00. The zero-order chi connectivity index (χ0) is 23.5. The van der Waals surface area contributed by atoms with E-state index >= 15 is 0 Å². The standard InChI is InChI=1S/C27H28N4O3/c32-26(29-16-18-9-11-28-12-10-18)25-14-22-7-8-23(30-27(33)34)15-24(22)31(25)17-19-5-6-20-3-1-2-4-21(20)13-19/h1-8,13-15,18,28,30H,9-12,16-17H2,(H,29,32)(H,33,34). The SMILES string of the molecule is O=C(O)Nc1ccc2cc(C(=O)NCC3CCNCC3)n(Cc3ccc4ccccc4c3)c2c1. The summed E-state index contributed by atoms with van der Waals surface area (Å²) in [4.78, 5) is 24.5. The van der Waals surface area contributed by atoms with E-state index in [1.807, 2.05) is 28.8 Å². The van der Waals surface area contributed by atoms with Crippen LogP contribution in [-0.4, -0.2) is 41.3 Å². The Kier molecular flexibility index (Phi) is 6.18. The van der Waals surface area contributed by atoms with E-state index in [-0.39, 0.29) is 5.91 Å². The molecule has 7 nitrogen and oxygen atoms in total. The summed E-state index contributed by atoms with van der Waals surface area (Å²) >= 11 is 0. The molecule has 5 rings (SSSR count). The average Bonchev–Trinajstić information content (AvgIpc) is 3.20. The van der Waals surface area contributed by atoms with E-state index in [0.717, 1.165) is 53.2 Å². The summed E-state index contributed by atoms with van der Waals surface area (Å²) in [6.45, 7) is 3.13. The highest BCUT2D eigenvalue weighted by atomic mass is 16.4. The summed E-state index contributed by atoms with van der Waals surface area (Å²) in [5, 5.41) is 21.2. The van der Waals surface area contributed by atoms with Gasteiger partial charge in [0.15, 0.2) is 0 Å². The maximum Gasteiger partial charge on any atom is 0.409 e. The van der Waals surface area contributed by atoms with Crippen LogP contribution in [0.25, 0.3) is 21.7 Å². The Balaban J connectivity index is 1.49. The van der Waals surface area contributed by atoms with Crippen LogP contribution in [0.4, 0.5) is 10.5 Å². The molecule has 7 heteroatoms. The van der Waals surface area contributed by atoms with Crippen molar-refractivity contribution in [2.24, 2.45) is 5.92 Å². The van der Waals surface area contributed by atoms with Crippen molar-refractivity contribution in [3.05, 3.63) is 78.0 Å². The van der Waals surface area contributed by atoms with Crippen LogP contribution in [0.2, 0.25) is 0 Å². The molecule has 0 unspecified atom stereocenters. The molecule has 2 heterocycles. The molecule has 0 atom stereocenters. The lowest BCUT2D eigenvalue weighted by atomic mass is 9.98. The van der Waals surface area contributed by atoms with Crippen LogP contribution in [0, 0.1) is 5.92 Å². The molecule has 3 aromatic carbocycles. The Morgan fingerprint density at radius 3 is 2.50 bits per heavy atom. The van der Waals surface area contributed by atoms with Gasteiger partial charge in [0.25, 0.3) is 5.91 Å². The minimum absolute atomic E-state index is 0.108. The molecular weight excluding hydrogens is 428 g/mol. The Morgan fingerprint density at radius 2 is 1.71 bits per heavy atom. The molecule has 0 radical (unpaired) electrons. The van der Waals surface area contributed by atoms with Gasteiger partial charge in [-0.05, 0) is 72.5 Å². The summed E-state index contributed by atoms with van der Waals surface area (Å²) in [5.41, 5.74) is 2.93. The second kappa shape index (κ2) is 9.57. The fourth-order valence-electron chi connectivity index (χ4n) is 4.75. The number of amides is 2. The number of nitrogens with zero attached hydrogens (tertiary/aromatic N) is 1. The van der Waals surface area contributed by atoms with Crippen LogP contribution in [0.1, 0.15) is 28.9 Å². The van der Waals surface area contributed by atoms with Crippen molar-refractivity contribution in [2.75, 3.05) is 25.0 Å². The summed E-state index contributed by atoms with van der Waals surface area (Å²) in [7, 11) is 0. The number of nitrogens with one attached hydrogen (secondary N) is 3. The second-order valence-corrected chi connectivity index (χ2v) is 8.90. The van der Waals surface area contributed by atoms with Crippen molar-refractivity contribution in [2.45, 2.75) is 19.4 Å². The van der Waals surface area contributed by atoms with E-state index in [4.69, 9.17) is 5.11 Å². The monoisotopic (exact) mass is 456 g/mol. The molecule has 4 N–H and O–H groups in total. The number of anilines is 1. The molecule has 0 spiro atoms. The lowest BCUT2D eigenvalue weighted by Crippen LogP contribution is -2.36.